The summed E-state index contributed by atoms with van der Waals surface area (Å²) in [7, 11) is 0. The van der Waals surface area contributed by atoms with Crippen molar-refractivity contribution in [3.05, 3.63) is 97.2 Å². The summed E-state index contributed by atoms with van der Waals surface area (Å²) in [6.07, 6.45) is 79.9. The first kappa shape index (κ1) is 68.3. The van der Waals surface area contributed by atoms with Gasteiger partial charge in [0.15, 0.2) is 6.10 Å². The summed E-state index contributed by atoms with van der Waals surface area (Å²) in [6, 6.07) is 0. The number of allylic oxidation sites excluding steroid dienone is 16. The lowest BCUT2D eigenvalue weighted by molar-refractivity contribution is -0.167. The van der Waals surface area contributed by atoms with Crippen LogP contribution in [0.1, 0.15) is 284 Å². The summed E-state index contributed by atoms with van der Waals surface area (Å²) < 4.78 is 16.8. The molecule has 0 spiro atoms. The van der Waals surface area contributed by atoms with Crippen LogP contribution in [0.3, 0.4) is 0 Å². The first-order valence-electron chi connectivity index (χ1n) is 30.2. The van der Waals surface area contributed by atoms with Crippen LogP contribution in [0.4, 0.5) is 0 Å². The lowest BCUT2D eigenvalue weighted by atomic mass is 10.1. The molecule has 0 fully saturated rings. The highest BCUT2D eigenvalue weighted by Crippen LogP contribution is 2.15. The van der Waals surface area contributed by atoms with Gasteiger partial charge in [0, 0.05) is 19.3 Å². The third-order valence-corrected chi connectivity index (χ3v) is 12.8. The summed E-state index contributed by atoms with van der Waals surface area (Å²) in [4.78, 5) is 38.1. The maximum atomic E-state index is 12.8. The van der Waals surface area contributed by atoms with E-state index in [1.54, 1.807) is 0 Å². The molecule has 0 radical (unpaired) electrons. The van der Waals surface area contributed by atoms with Crippen molar-refractivity contribution in [2.24, 2.45) is 0 Å². The largest absolute Gasteiger partial charge is 0.462 e. The highest BCUT2D eigenvalue weighted by molar-refractivity contribution is 5.71. The van der Waals surface area contributed by atoms with Crippen LogP contribution in [-0.4, -0.2) is 37.2 Å². The van der Waals surface area contributed by atoms with Crippen molar-refractivity contribution in [2.75, 3.05) is 13.2 Å². The molecule has 0 N–H and O–H groups in total. The molecule has 0 rings (SSSR count). The second kappa shape index (κ2) is 59.9. The van der Waals surface area contributed by atoms with E-state index >= 15 is 0 Å². The number of rotatable bonds is 54. The zero-order chi connectivity index (χ0) is 52.2. The summed E-state index contributed by atoms with van der Waals surface area (Å²) in [6.45, 7) is 6.48. The van der Waals surface area contributed by atoms with Gasteiger partial charge in [0.1, 0.15) is 13.2 Å². The maximum Gasteiger partial charge on any atom is 0.306 e. The average Bonchev–Trinajstić information content (AvgIpc) is 3.38. The molecule has 0 aliphatic carbocycles. The van der Waals surface area contributed by atoms with E-state index in [4.69, 9.17) is 14.2 Å². The van der Waals surface area contributed by atoms with Gasteiger partial charge in [-0.1, -0.05) is 259 Å². The van der Waals surface area contributed by atoms with Crippen molar-refractivity contribution in [1.29, 1.82) is 0 Å². The fourth-order valence-corrected chi connectivity index (χ4v) is 8.30. The molecule has 1 atom stereocenters. The van der Waals surface area contributed by atoms with Crippen molar-refractivity contribution in [3.8, 4) is 0 Å². The van der Waals surface area contributed by atoms with Gasteiger partial charge in [0.25, 0.3) is 0 Å². The Labute approximate surface area is 445 Å². The number of carbonyl (C=O) groups excluding carboxylic acids is 3. The fourth-order valence-electron chi connectivity index (χ4n) is 8.30. The van der Waals surface area contributed by atoms with Gasteiger partial charge in [-0.3, -0.25) is 14.4 Å². The van der Waals surface area contributed by atoms with Crippen molar-refractivity contribution in [1.82, 2.24) is 0 Å². The second-order valence-corrected chi connectivity index (χ2v) is 19.9. The first-order chi connectivity index (χ1) is 35.5. The molecular formula is C66H112O6. The van der Waals surface area contributed by atoms with Gasteiger partial charge in [-0.25, -0.2) is 0 Å². The molecule has 0 aromatic carbocycles. The minimum Gasteiger partial charge on any atom is -0.462 e. The Morgan fingerprint density at radius 3 is 0.847 bits per heavy atom. The molecular weight excluding hydrogens is 889 g/mol. The topological polar surface area (TPSA) is 78.9 Å². The molecule has 412 valence electrons. The van der Waals surface area contributed by atoms with E-state index < -0.39 is 6.10 Å². The highest BCUT2D eigenvalue weighted by atomic mass is 16.6. The monoisotopic (exact) mass is 1000 g/mol. The quantitative estimate of drug-likeness (QED) is 0.0261. The van der Waals surface area contributed by atoms with Gasteiger partial charge in [0.2, 0.25) is 0 Å². The minimum absolute atomic E-state index is 0.0837. The van der Waals surface area contributed by atoms with E-state index in [-0.39, 0.29) is 31.1 Å². The van der Waals surface area contributed by atoms with Gasteiger partial charge in [0.05, 0.1) is 0 Å². The number of unbranched alkanes of at least 4 members (excludes halogenated alkanes) is 27. The molecule has 0 bridgehead atoms. The molecule has 0 saturated carbocycles. The first-order valence-corrected chi connectivity index (χ1v) is 30.2. The molecule has 0 aromatic rings. The maximum absolute atomic E-state index is 12.8. The molecule has 0 amide bonds. The molecule has 6 heteroatoms. The van der Waals surface area contributed by atoms with Crippen molar-refractivity contribution >= 4 is 17.9 Å². The predicted molar refractivity (Wildman–Crippen MR) is 311 cm³/mol. The Balaban J connectivity index is 4.26. The van der Waals surface area contributed by atoms with E-state index in [0.29, 0.717) is 19.3 Å². The smallest absolute Gasteiger partial charge is 0.306 e. The van der Waals surface area contributed by atoms with Crippen LogP contribution in [0.25, 0.3) is 0 Å². The van der Waals surface area contributed by atoms with Crippen LogP contribution < -0.4 is 0 Å². The lowest BCUT2D eigenvalue weighted by Crippen LogP contribution is -2.30. The number of carbonyl (C=O) groups is 3. The molecule has 72 heavy (non-hydrogen) atoms. The third kappa shape index (κ3) is 57.2. The number of ether oxygens (including phenoxy) is 3. The van der Waals surface area contributed by atoms with Crippen LogP contribution in [0.2, 0.25) is 0 Å². The van der Waals surface area contributed by atoms with Crippen molar-refractivity contribution < 1.29 is 28.6 Å². The summed E-state index contributed by atoms with van der Waals surface area (Å²) >= 11 is 0. The molecule has 0 aliphatic heterocycles. The number of hydrogen-bond donors (Lipinski definition) is 0. The van der Waals surface area contributed by atoms with E-state index in [1.807, 2.05) is 0 Å². The van der Waals surface area contributed by atoms with Crippen LogP contribution in [0.5, 0.6) is 0 Å². The standard InChI is InChI=1S/C66H112O6/c1-4-7-10-13-16-19-21-23-25-27-29-31-32-33-34-36-37-39-41-43-45-47-50-53-56-59-65(68)71-62-63(61-70-64(67)58-55-52-49-18-15-12-9-6-3)72-66(69)60-57-54-51-48-46-44-42-40-38-35-30-28-26-24-22-20-17-14-11-8-5-2/h7,10,16,19,22-25,28-31,33-34,38,40,63H,4-6,8-9,11-15,17-18,20-21,26-27,32,35-37,39,41-62H2,1-3H3/b10-7-,19-16-,24-22-,25-23-,30-28-,31-29-,34-33-,40-38-. The number of hydrogen-bond acceptors (Lipinski definition) is 6. The SMILES string of the molecule is CC/C=C\C/C=C\C/C=C\C/C=C\C/C=C\CCCCCCCCCCCC(=O)OCC(COC(=O)CCCCCCCCCC)OC(=O)CCCCCCCC/C=C\C/C=C\C/C=C\CCCCCCC. The zero-order valence-corrected chi connectivity index (χ0v) is 47.2. The van der Waals surface area contributed by atoms with Gasteiger partial charge in [-0.15, -0.1) is 0 Å². The second-order valence-electron chi connectivity index (χ2n) is 19.9. The predicted octanol–water partition coefficient (Wildman–Crippen LogP) is 20.5. The molecule has 6 nitrogen and oxygen atoms in total. The van der Waals surface area contributed by atoms with E-state index in [9.17, 15) is 14.4 Å². The summed E-state index contributed by atoms with van der Waals surface area (Å²) in [5, 5.41) is 0. The minimum atomic E-state index is -0.786. The molecule has 0 aromatic heterocycles. The van der Waals surface area contributed by atoms with Gasteiger partial charge in [-0.2, -0.15) is 0 Å². The van der Waals surface area contributed by atoms with Crippen LogP contribution in [0, 0.1) is 0 Å². The Bertz CT molecular complexity index is 1430. The lowest BCUT2D eigenvalue weighted by Gasteiger charge is -2.18. The van der Waals surface area contributed by atoms with Crippen molar-refractivity contribution in [2.45, 2.75) is 290 Å². The molecule has 0 heterocycles. The normalized spacial score (nSPS) is 12.8. The Morgan fingerprint density at radius 1 is 0.292 bits per heavy atom. The van der Waals surface area contributed by atoms with Gasteiger partial charge in [-0.05, 0) is 103 Å². The third-order valence-electron chi connectivity index (χ3n) is 12.8. The van der Waals surface area contributed by atoms with E-state index in [0.717, 1.165) is 122 Å². The molecule has 0 saturated heterocycles. The van der Waals surface area contributed by atoms with E-state index in [2.05, 4.69) is 118 Å². The fraction of sp³-hybridized carbons (Fsp3) is 0.712. The molecule has 1 unspecified atom stereocenters. The molecule has 0 aliphatic rings. The van der Waals surface area contributed by atoms with Crippen molar-refractivity contribution in [3.63, 3.8) is 0 Å². The van der Waals surface area contributed by atoms with Crippen LogP contribution in [-0.2, 0) is 28.6 Å². The van der Waals surface area contributed by atoms with E-state index in [1.165, 1.54) is 122 Å². The number of esters is 3. The van der Waals surface area contributed by atoms with Crippen LogP contribution in [0.15, 0.2) is 97.2 Å². The Kier molecular flexibility index (Phi) is 56.8. The Morgan fingerprint density at radius 2 is 0.542 bits per heavy atom. The Hall–Kier alpha value is -3.67. The van der Waals surface area contributed by atoms with Crippen LogP contribution >= 0.6 is 0 Å². The average molecular weight is 1000 g/mol. The van der Waals surface area contributed by atoms with Gasteiger partial charge >= 0.3 is 17.9 Å². The van der Waals surface area contributed by atoms with Gasteiger partial charge < -0.3 is 14.2 Å². The summed E-state index contributed by atoms with van der Waals surface area (Å²) in [5.74, 6) is -0.902. The zero-order valence-electron chi connectivity index (χ0n) is 47.2. The summed E-state index contributed by atoms with van der Waals surface area (Å²) in [5.41, 5.74) is 0. The highest BCUT2D eigenvalue weighted by Gasteiger charge is 2.19.